The number of benzene rings is 1. The van der Waals surface area contributed by atoms with Gasteiger partial charge in [-0.2, -0.15) is 5.10 Å². The van der Waals surface area contributed by atoms with Crippen molar-refractivity contribution in [2.45, 2.75) is 19.5 Å². The van der Waals surface area contributed by atoms with E-state index in [2.05, 4.69) is 10.4 Å². The summed E-state index contributed by atoms with van der Waals surface area (Å²) in [5, 5.41) is 6.88. The van der Waals surface area contributed by atoms with Crippen LogP contribution in [0.2, 0.25) is 0 Å². The van der Waals surface area contributed by atoms with Gasteiger partial charge in [0, 0.05) is 12.7 Å². The highest BCUT2D eigenvalue weighted by Gasteiger charge is 2.18. The molecule has 0 aliphatic rings. The van der Waals surface area contributed by atoms with E-state index in [-0.39, 0.29) is 11.5 Å². The van der Waals surface area contributed by atoms with Crippen LogP contribution in [0.25, 0.3) is 5.52 Å². The molecule has 0 radical (unpaired) electrons. The van der Waals surface area contributed by atoms with Crippen LogP contribution in [0, 0.1) is 0 Å². The number of aromatic nitrogens is 3. The Morgan fingerprint density at radius 2 is 2.17 bits per heavy atom. The molecule has 1 unspecified atom stereocenters. The van der Waals surface area contributed by atoms with Gasteiger partial charge in [0.15, 0.2) is 0 Å². The fraction of sp³-hybridized carbons (Fsp3) is 0.235. The van der Waals surface area contributed by atoms with E-state index in [9.17, 15) is 9.59 Å². The van der Waals surface area contributed by atoms with E-state index in [1.165, 1.54) is 11.0 Å². The van der Waals surface area contributed by atoms with Crippen molar-refractivity contribution in [3.63, 3.8) is 0 Å². The Hall–Kier alpha value is -3.09. The lowest BCUT2D eigenvalue weighted by Crippen LogP contribution is -2.37. The number of rotatable bonds is 5. The van der Waals surface area contributed by atoms with E-state index in [0.29, 0.717) is 12.1 Å². The molecule has 0 aliphatic carbocycles. The highest BCUT2D eigenvalue weighted by molar-refractivity contribution is 5.79. The highest BCUT2D eigenvalue weighted by Crippen LogP contribution is 2.12. The number of carbonyl (C=O) groups excluding carboxylic acids is 1. The molecule has 2 aromatic heterocycles. The van der Waals surface area contributed by atoms with Crippen molar-refractivity contribution in [1.29, 1.82) is 0 Å². The van der Waals surface area contributed by atoms with Crippen molar-refractivity contribution >= 4 is 11.4 Å². The summed E-state index contributed by atoms with van der Waals surface area (Å²) in [6.07, 6.45) is 3.25. The van der Waals surface area contributed by atoms with Gasteiger partial charge >= 0.3 is 0 Å². The molecule has 0 bridgehead atoms. The second-order valence-electron chi connectivity index (χ2n) is 5.43. The quantitative estimate of drug-likeness (QED) is 0.768. The summed E-state index contributed by atoms with van der Waals surface area (Å²) in [4.78, 5) is 24.7. The fourth-order valence-electron chi connectivity index (χ4n) is 2.46. The maximum atomic E-state index is 12.4. The van der Waals surface area contributed by atoms with Gasteiger partial charge in [0.05, 0.1) is 7.11 Å². The lowest BCUT2D eigenvalue weighted by atomic mass is 10.2. The molecule has 0 saturated carbocycles. The van der Waals surface area contributed by atoms with E-state index < -0.39 is 6.04 Å². The molecular formula is C17H18N4O3. The SMILES string of the molecule is COc1cccc(CNC(=O)C(C)n2ncn3cccc3c2=O)c1. The number of fused-ring (bicyclic) bond motifs is 1. The first-order valence-corrected chi connectivity index (χ1v) is 7.55. The molecule has 3 rings (SSSR count). The minimum Gasteiger partial charge on any atom is -0.497 e. The predicted molar refractivity (Wildman–Crippen MR) is 89.0 cm³/mol. The van der Waals surface area contributed by atoms with Crippen LogP contribution in [0.15, 0.2) is 53.7 Å². The maximum Gasteiger partial charge on any atom is 0.291 e. The summed E-state index contributed by atoms with van der Waals surface area (Å²) in [6, 6.07) is 10.2. The van der Waals surface area contributed by atoms with Gasteiger partial charge in [-0.25, -0.2) is 4.68 Å². The second-order valence-corrected chi connectivity index (χ2v) is 5.43. The third-order valence-corrected chi connectivity index (χ3v) is 3.85. The summed E-state index contributed by atoms with van der Waals surface area (Å²) in [5.41, 5.74) is 1.10. The Morgan fingerprint density at radius 1 is 1.33 bits per heavy atom. The summed E-state index contributed by atoms with van der Waals surface area (Å²) < 4.78 is 7.97. The van der Waals surface area contributed by atoms with Crippen molar-refractivity contribution in [3.05, 3.63) is 64.8 Å². The normalized spacial score (nSPS) is 12.1. The van der Waals surface area contributed by atoms with Crippen LogP contribution in [0.3, 0.4) is 0 Å². The van der Waals surface area contributed by atoms with Crippen LogP contribution in [0.5, 0.6) is 5.75 Å². The number of hydrogen-bond donors (Lipinski definition) is 1. The van der Waals surface area contributed by atoms with Gasteiger partial charge in [0.25, 0.3) is 5.56 Å². The zero-order valence-corrected chi connectivity index (χ0v) is 13.5. The topological polar surface area (TPSA) is 77.6 Å². The molecule has 7 nitrogen and oxygen atoms in total. The molecule has 3 aromatic rings. The largest absolute Gasteiger partial charge is 0.497 e. The predicted octanol–water partition coefficient (Wildman–Crippen LogP) is 1.38. The van der Waals surface area contributed by atoms with Crippen molar-refractivity contribution < 1.29 is 9.53 Å². The number of amides is 1. The minimum atomic E-state index is -0.706. The summed E-state index contributed by atoms with van der Waals surface area (Å²) in [7, 11) is 1.59. The number of nitrogens with zero attached hydrogens (tertiary/aromatic N) is 3. The van der Waals surface area contributed by atoms with Gasteiger partial charge in [0.2, 0.25) is 5.91 Å². The number of nitrogens with one attached hydrogen (secondary N) is 1. The maximum absolute atomic E-state index is 12.4. The molecule has 124 valence electrons. The van der Waals surface area contributed by atoms with Crippen LogP contribution in [-0.2, 0) is 11.3 Å². The molecule has 24 heavy (non-hydrogen) atoms. The summed E-state index contributed by atoms with van der Waals surface area (Å²) >= 11 is 0. The Morgan fingerprint density at radius 3 is 2.96 bits per heavy atom. The summed E-state index contributed by atoms with van der Waals surface area (Å²) in [6.45, 7) is 2.00. The second kappa shape index (κ2) is 6.57. The van der Waals surface area contributed by atoms with Gasteiger partial charge < -0.3 is 14.5 Å². The van der Waals surface area contributed by atoms with Gasteiger partial charge in [-0.05, 0) is 36.8 Å². The first kappa shape index (κ1) is 15.8. The molecule has 1 N–H and O–H groups in total. The zero-order chi connectivity index (χ0) is 17.1. The molecule has 1 atom stereocenters. The van der Waals surface area contributed by atoms with Crippen LogP contribution < -0.4 is 15.6 Å². The number of carbonyl (C=O) groups is 1. The molecule has 2 heterocycles. The number of ether oxygens (including phenoxy) is 1. The van der Waals surface area contributed by atoms with E-state index in [1.807, 2.05) is 24.3 Å². The zero-order valence-electron chi connectivity index (χ0n) is 13.5. The molecule has 0 saturated heterocycles. The average Bonchev–Trinajstić information content (AvgIpc) is 3.09. The van der Waals surface area contributed by atoms with Gasteiger partial charge in [0.1, 0.15) is 23.6 Å². The van der Waals surface area contributed by atoms with Gasteiger partial charge in [-0.3, -0.25) is 9.59 Å². The molecule has 1 aromatic carbocycles. The molecule has 1 amide bonds. The van der Waals surface area contributed by atoms with Crippen LogP contribution in [0.1, 0.15) is 18.5 Å². The molecular weight excluding hydrogens is 308 g/mol. The van der Waals surface area contributed by atoms with E-state index in [4.69, 9.17) is 4.74 Å². The first-order valence-electron chi connectivity index (χ1n) is 7.55. The van der Waals surface area contributed by atoms with Crippen molar-refractivity contribution in [1.82, 2.24) is 19.5 Å². The first-order chi connectivity index (χ1) is 11.6. The molecule has 7 heteroatoms. The Balaban J connectivity index is 1.74. The van der Waals surface area contributed by atoms with Crippen LogP contribution in [-0.4, -0.2) is 27.2 Å². The van der Waals surface area contributed by atoms with Crippen molar-refractivity contribution in [3.8, 4) is 5.75 Å². The van der Waals surface area contributed by atoms with Crippen molar-refractivity contribution in [2.24, 2.45) is 0 Å². The summed E-state index contributed by atoms with van der Waals surface area (Å²) in [5.74, 6) is 0.453. The van der Waals surface area contributed by atoms with Gasteiger partial charge in [-0.15, -0.1) is 0 Å². The fourth-order valence-corrected chi connectivity index (χ4v) is 2.46. The Labute approximate surface area is 138 Å². The standard InChI is InChI=1S/C17H18N4O3/c1-12(21-17(23)15-7-4-8-20(15)11-19-21)16(22)18-10-13-5-3-6-14(9-13)24-2/h3-9,11-12H,10H2,1-2H3,(H,18,22). The molecule has 0 fully saturated rings. The molecule has 0 aliphatic heterocycles. The number of methoxy groups -OCH3 is 1. The Bertz CT molecular complexity index is 929. The van der Waals surface area contributed by atoms with Gasteiger partial charge in [-0.1, -0.05) is 12.1 Å². The van der Waals surface area contributed by atoms with E-state index in [0.717, 1.165) is 11.3 Å². The lowest BCUT2D eigenvalue weighted by molar-refractivity contribution is -0.124. The van der Waals surface area contributed by atoms with Crippen LogP contribution in [0.4, 0.5) is 0 Å². The average molecular weight is 326 g/mol. The third kappa shape index (κ3) is 3.01. The van der Waals surface area contributed by atoms with E-state index in [1.54, 1.807) is 36.8 Å². The highest BCUT2D eigenvalue weighted by atomic mass is 16.5. The Kier molecular flexibility index (Phi) is 4.33. The van der Waals surface area contributed by atoms with Crippen LogP contribution >= 0.6 is 0 Å². The lowest BCUT2D eigenvalue weighted by Gasteiger charge is -2.14. The van der Waals surface area contributed by atoms with E-state index >= 15 is 0 Å². The van der Waals surface area contributed by atoms with Crippen molar-refractivity contribution in [2.75, 3.05) is 7.11 Å². The smallest absolute Gasteiger partial charge is 0.291 e. The number of hydrogen-bond acceptors (Lipinski definition) is 4. The monoisotopic (exact) mass is 326 g/mol. The third-order valence-electron chi connectivity index (χ3n) is 3.85. The minimum absolute atomic E-state index is 0.275. The molecule has 0 spiro atoms.